The molecular weight excluding hydrogens is 398 g/mol. The zero-order valence-corrected chi connectivity index (χ0v) is 17.0. The maximum atomic E-state index is 6.36. The highest BCUT2D eigenvalue weighted by atomic mass is 35.5. The molecular formula is C18H18ClN7OS. The largest absolute Gasteiger partial charge is 0.494 e. The summed E-state index contributed by atoms with van der Waals surface area (Å²) in [5.41, 5.74) is 1.62. The third-order valence-corrected chi connectivity index (χ3v) is 6.57. The summed E-state index contributed by atoms with van der Waals surface area (Å²) in [7, 11) is 1.65. The molecule has 1 aromatic carbocycles. The van der Waals surface area contributed by atoms with Crippen molar-refractivity contribution in [2.75, 3.05) is 43.1 Å². The van der Waals surface area contributed by atoms with Crippen molar-refractivity contribution in [2.24, 2.45) is 0 Å². The minimum Gasteiger partial charge on any atom is -0.494 e. The number of hydrogen-bond acceptors (Lipinski definition) is 8. The Bertz CT molecular complexity index is 1170. The van der Waals surface area contributed by atoms with Crippen LogP contribution in [0.25, 0.3) is 15.9 Å². The summed E-state index contributed by atoms with van der Waals surface area (Å²) in [4.78, 5) is 13.9. The van der Waals surface area contributed by atoms with Crippen molar-refractivity contribution >= 4 is 49.8 Å². The van der Waals surface area contributed by atoms with Gasteiger partial charge in [0, 0.05) is 38.6 Å². The molecule has 144 valence electrons. The molecule has 4 aromatic rings. The van der Waals surface area contributed by atoms with Gasteiger partial charge in [0.15, 0.2) is 10.9 Å². The fourth-order valence-corrected chi connectivity index (χ4v) is 4.81. The maximum Gasteiger partial charge on any atom is 0.203 e. The van der Waals surface area contributed by atoms with Crippen molar-refractivity contribution in [2.45, 2.75) is 6.92 Å². The molecule has 8 nitrogen and oxygen atoms in total. The number of aryl methyl sites for hydroxylation is 1. The highest BCUT2D eigenvalue weighted by molar-refractivity contribution is 7.22. The summed E-state index contributed by atoms with van der Waals surface area (Å²) < 4.78 is 8.37. The number of rotatable bonds is 3. The molecule has 0 spiro atoms. The molecule has 1 saturated heterocycles. The predicted octanol–water partition coefficient (Wildman–Crippen LogP) is 3.03. The highest BCUT2D eigenvalue weighted by Crippen LogP contribution is 2.39. The third-order valence-electron chi connectivity index (χ3n) is 5.00. The molecule has 0 bridgehead atoms. The summed E-state index contributed by atoms with van der Waals surface area (Å²) in [5, 5.41) is 10.1. The van der Waals surface area contributed by atoms with Gasteiger partial charge < -0.3 is 14.5 Å². The van der Waals surface area contributed by atoms with Gasteiger partial charge in [-0.3, -0.25) is 4.40 Å². The lowest BCUT2D eigenvalue weighted by atomic mass is 10.3. The minimum absolute atomic E-state index is 0.705. The zero-order chi connectivity index (χ0) is 19.3. The van der Waals surface area contributed by atoms with E-state index >= 15 is 0 Å². The standard InChI is InChI=1S/C18H18ClN7OS/c1-11-22-23-17-16(20-5-6-26(11)17)24-7-9-25(10-8-24)18-21-14-13(27-2)4-3-12(19)15(14)28-18/h3-6H,7-10H2,1-2H3. The summed E-state index contributed by atoms with van der Waals surface area (Å²) in [6, 6.07) is 3.72. The number of hydrogen-bond donors (Lipinski definition) is 0. The molecule has 1 aliphatic rings. The first-order chi connectivity index (χ1) is 13.7. The molecule has 0 saturated carbocycles. The number of thiazole rings is 1. The van der Waals surface area contributed by atoms with E-state index in [-0.39, 0.29) is 0 Å². The SMILES string of the molecule is COc1ccc(Cl)c2sc(N3CCN(c4nccn5c(C)nnc45)CC3)nc12. The van der Waals surface area contributed by atoms with Crippen LogP contribution in [0.15, 0.2) is 24.5 Å². The van der Waals surface area contributed by atoms with Gasteiger partial charge in [-0.1, -0.05) is 22.9 Å². The Morgan fingerprint density at radius 3 is 2.68 bits per heavy atom. The number of ether oxygens (including phenoxy) is 1. The van der Waals surface area contributed by atoms with Crippen molar-refractivity contribution in [3.05, 3.63) is 35.4 Å². The van der Waals surface area contributed by atoms with Gasteiger partial charge in [-0.05, 0) is 19.1 Å². The van der Waals surface area contributed by atoms with Gasteiger partial charge in [0.1, 0.15) is 17.1 Å². The second-order valence-electron chi connectivity index (χ2n) is 6.59. The summed E-state index contributed by atoms with van der Waals surface area (Å²) >= 11 is 7.97. The van der Waals surface area contributed by atoms with E-state index in [2.05, 4.69) is 25.0 Å². The fourth-order valence-electron chi connectivity index (χ4n) is 3.50. The van der Waals surface area contributed by atoms with Crippen LogP contribution in [0, 0.1) is 6.92 Å². The van der Waals surface area contributed by atoms with Crippen molar-refractivity contribution in [1.82, 2.24) is 24.6 Å². The van der Waals surface area contributed by atoms with Crippen LogP contribution in [0.2, 0.25) is 5.02 Å². The van der Waals surface area contributed by atoms with E-state index < -0.39 is 0 Å². The monoisotopic (exact) mass is 415 g/mol. The Kier molecular flexibility index (Phi) is 4.21. The molecule has 1 aliphatic heterocycles. The van der Waals surface area contributed by atoms with Gasteiger partial charge in [0.2, 0.25) is 5.65 Å². The lowest BCUT2D eigenvalue weighted by molar-refractivity contribution is 0.419. The van der Waals surface area contributed by atoms with Crippen LogP contribution in [0.4, 0.5) is 10.9 Å². The lowest BCUT2D eigenvalue weighted by Gasteiger charge is -2.35. The topological polar surface area (TPSA) is 71.7 Å². The Hall–Kier alpha value is -2.65. The smallest absolute Gasteiger partial charge is 0.203 e. The van der Waals surface area contributed by atoms with Gasteiger partial charge in [-0.15, -0.1) is 10.2 Å². The quantitative estimate of drug-likeness (QED) is 0.509. The number of anilines is 2. The van der Waals surface area contributed by atoms with E-state index in [0.717, 1.165) is 64.6 Å². The van der Waals surface area contributed by atoms with Crippen LogP contribution in [0.5, 0.6) is 5.75 Å². The molecule has 10 heteroatoms. The van der Waals surface area contributed by atoms with E-state index in [1.54, 1.807) is 24.6 Å². The zero-order valence-electron chi connectivity index (χ0n) is 15.5. The Balaban J connectivity index is 1.40. The fraction of sp³-hybridized carbons (Fsp3) is 0.333. The molecule has 0 unspecified atom stereocenters. The summed E-state index contributed by atoms with van der Waals surface area (Å²) in [6.45, 7) is 5.29. The molecule has 5 rings (SSSR count). The van der Waals surface area contributed by atoms with E-state index in [1.165, 1.54) is 0 Å². The van der Waals surface area contributed by atoms with Crippen LogP contribution >= 0.6 is 22.9 Å². The molecule has 4 heterocycles. The van der Waals surface area contributed by atoms with Crippen molar-refractivity contribution in [1.29, 1.82) is 0 Å². The molecule has 0 atom stereocenters. The van der Waals surface area contributed by atoms with Gasteiger partial charge >= 0.3 is 0 Å². The maximum absolute atomic E-state index is 6.36. The first kappa shape index (κ1) is 17.4. The van der Waals surface area contributed by atoms with Crippen LogP contribution in [-0.2, 0) is 0 Å². The third kappa shape index (κ3) is 2.73. The van der Waals surface area contributed by atoms with Crippen LogP contribution < -0.4 is 14.5 Å². The van der Waals surface area contributed by atoms with Gasteiger partial charge in [0.25, 0.3) is 0 Å². The van der Waals surface area contributed by atoms with E-state index in [9.17, 15) is 0 Å². The Labute approximate surface area is 170 Å². The van der Waals surface area contributed by atoms with Crippen LogP contribution in [-0.4, -0.2) is 57.9 Å². The Morgan fingerprint density at radius 1 is 1.11 bits per heavy atom. The number of halogens is 1. The average molecular weight is 416 g/mol. The van der Waals surface area contributed by atoms with Gasteiger partial charge in [-0.25, -0.2) is 9.97 Å². The van der Waals surface area contributed by atoms with E-state index in [1.807, 2.05) is 29.7 Å². The molecule has 0 radical (unpaired) electrons. The van der Waals surface area contributed by atoms with Crippen LogP contribution in [0.1, 0.15) is 5.82 Å². The number of fused-ring (bicyclic) bond motifs is 2. The van der Waals surface area contributed by atoms with E-state index in [0.29, 0.717) is 5.02 Å². The number of piperazine rings is 1. The van der Waals surface area contributed by atoms with E-state index in [4.69, 9.17) is 21.3 Å². The molecule has 0 aliphatic carbocycles. The van der Waals surface area contributed by atoms with Gasteiger partial charge in [-0.2, -0.15) is 0 Å². The minimum atomic E-state index is 0.705. The lowest BCUT2D eigenvalue weighted by Crippen LogP contribution is -2.47. The molecule has 28 heavy (non-hydrogen) atoms. The van der Waals surface area contributed by atoms with Crippen LogP contribution in [0.3, 0.4) is 0 Å². The number of aromatic nitrogens is 5. The van der Waals surface area contributed by atoms with Crippen molar-refractivity contribution in [3.8, 4) is 5.75 Å². The summed E-state index contributed by atoms with van der Waals surface area (Å²) in [5.74, 6) is 2.48. The normalized spacial score (nSPS) is 15.0. The first-order valence-corrected chi connectivity index (χ1v) is 10.1. The van der Waals surface area contributed by atoms with Gasteiger partial charge in [0.05, 0.1) is 16.8 Å². The predicted molar refractivity (Wildman–Crippen MR) is 111 cm³/mol. The second-order valence-corrected chi connectivity index (χ2v) is 7.97. The number of benzene rings is 1. The molecule has 3 aromatic heterocycles. The molecule has 1 fully saturated rings. The molecule has 0 N–H and O–H groups in total. The highest BCUT2D eigenvalue weighted by Gasteiger charge is 2.24. The Morgan fingerprint density at radius 2 is 1.89 bits per heavy atom. The number of nitrogens with zero attached hydrogens (tertiary/aromatic N) is 7. The first-order valence-electron chi connectivity index (χ1n) is 8.95. The van der Waals surface area contributed by atoms with Crippen molar-refractivity contribution in [3.63, 3.8) is 0 Å². The number of methoxy groups -OCH3 is 1. The summed E-state index contributed by atoms with van der Waals surface area (Å²) in [6.07, 6.45) is 3.69. The average Bonchev–Trinajstić information content (AvgIpc) is 3.34. The van der Waals surface area contributed by atoms with Crippen molar-refractivity contribution < 1.29 is 4.74 Å². The second kappa shape index (κ2) is 6.75. The molecule has 0 amide bonds.